The molecule has 4 rings (SSSR count). The summed E-state index contributed by atoms with van der Waals surface area (Å²) in [7, 11) is 0. The maximum atomic E-state index is 14.7. The molecule has 4 nitrogen and oxygen atoms in total. The minimum absolute atomic E-state index is 0.0100. The van der Waals surface area contributed by atoms with Gasteiger partial charge in [-0.05, 0) is 23.8 Å². The number of rotatable bonds is 3. The number of halogens is 3. The molecule has 2 aromatic heterocycles. The molecule has 3 aromatic rings. The molecule has 7 heteroatoms. The predicted octanol–water partition coefficient (Wildman–Crippen LogP) is 3.60. The standard InChI is InChI=1S/C17H11F3N4/c18-15-13(11-3-1-10(9-21)2-4-11)5-6-24-14(22-23-16(15)24)7-12-8-17(12,19)20/h1-6,12H,7-8H2. The van der Waals surface area contributed by atoms with Crippen LogP contribution < -0.4 is 0 Å². The van der Waals surface area contributed by atoms with Gasteiger partial charge in [-0.25, -0.2) is 13.2 Å². The van der Waals surface area contributed by atoms with Crippen LogP contribution in [0.1, 0.15) is 17.8 Å². The van der Waals surface area contributed by atoms with E-state index in [0.29, 0.717) is 22.5 Å². The van der Waals surface area contributed by atoms with Gasteiger partial charge in [-0.1, -0.05) is 12.1 Å². The zero-order valence-electron chi connectivity index (χ0n) is 12.4. The van der Waals surface area contributed by atoms with E-state index in [1.807, 2.05) is 6.07 Å². The SMILES string of the molecule is N#Cc1ccc(-c2ccn3c(CC4CC4(F)F)nnc3c2F)cc1. The summed E-state index contributed by atoms with van der Waals surface area (Å²) in [4.78, 5) is 0. The molecule has 24 heavy (non-hydrogen) atoms. The summed E-state index contributed by atoms with van der Waals surface area (Å²) in [6.07, 6.45) is 1.50. The van der Waals surface area contributed by atoms with Crippen molar-refractivity contribution in [2.75, 3.05) is 0 Å². The second kappa shape index (κ2) is 5.06. The number of hydrogen-bond acceptors (Lipinski definition) is 3. The smallest absolute Gasteiger partial charge is 0.252 e. The Morgan fingerprint density at radius 3 is 2.54 bits per heavy atom. The molecule has 1 aliphatic rings. The van der Waals surface area contributed by atoms with Crippen molar-refractivity contribution in [1.29, 1.82) is 5.26 Å². The first kappa shape index (κ1) is 14.7. The fraction of sp³-hybridized carbons (Fsp3) is 0.235. The summed E-state index contributed by atoms with van der Waals surface area (Å²) in [6.45, 7) is 0. The van der Waals surface area contributed by atoms with Crippen molar-refractivity contribution < 1.29 is 13.2 Å². The minimum atomic E-state index is -2.65. The molecule has 2 heterocycles. The second-order valence-electron chi connectivity index (χ2n) is 5.91. The van der Waals surface area contributed by atoms with Crippen molar-refractivity contribution in [1.82, 2.24) is 14.6 Å². The Morgan fingerprint density at radius 1 is 1.21 bits per heavy atom. The number of pyridine rings is 1. The van der Waals surface area contributed by atoms with Crippen molar-refractivity contribution in [3.63, 3.8) is 0 Å². The van der Waals surface area contributed by atoms with Crippen LogP contribution >= 0.6 is 0 Å². The Hall–Kier alpha value is -2.88. The van der Waals surface area contributed by atoms with E-state index in [-0.39, 0.29) is 18.5 Å². The normalized spacial score (nSPS) is 18.5. The van der Waals surface area contributed by atoms with Gasteiger partial charge >= 0.3 is 0 Å². The molecular formula is C17H11F3N4. The van der Waals surface area contributed by atoms with E-state index in [1.54, 1.807) is 36.5 Å². The van der Waals surface area contributed by atoms with Gasteiger partial charge in [-0.3, -0.25) is 4.40 Å². The molecule has 0 saturated heterocycles. The van der Waals surface area contributed by atoms with E-state index < -0.39 is 17.7 Å². The molecule has 0 N–H and O–H groups in total. The molecule has 1 saturated carbocycles. The molecule has 120 valence electrons. The van der Waals surface area contributed by atoms with Crippen molar-refractivity contribution in [3.05, 3.63) is 53.7 Å². The third-order valence-electron chi connectivity index (χ3n) is 4.30. The number of fused-ring (bicyclic) bond motifs is 1. The zero-order valence-corrected chi connectivity index (χ0v) is 12.4. The van der Waals surface area contributed by atoms with Crippen LogP contribution in [0.3, 0.4) is 0 Å². The number of nitriles is 1. The molecule has 1 aliphatic carbocycles. The molecular weight excluding hydrogens is 317 g/mol. The van der Waals surface area contributed by atoms with Gasteiger partial charge in [0.1, 0.15) is 5.82 Å². The van der Waals surface area contributed by atoms with E-state index in [2.05, 4.69) is 10.2 Å². The molecule has 0 bridgehead atoms. The van der Waals surface area contributed by atoms with Gasteiger partial charge < -0.3 is 0 Å². The van der Waals surface area contributed by atoms with Crippen LogP contribution in [0.5, 0.6) is 0 Å². The molecule has 0 amide bonds. The summed E-state index contributed by atoms with van der Waals surface area (Å²) in [5.74, 6) is -3.63. The van der Waals surface area contributed by atoms with E-state index in [4.69, 9.17) is 5.26 Å². The number of benzene rings is 1. The molecule has 1 atom stereocenters. The highest BCUT2D eigenvalue weighted by atomic mass is 19.3. The molecule has 1 fully saturated rings. The van der Waals surface area contributed by atoms with E-state index in [1.165, 1.54) is 4.40 Å². The van der Waals surface area contributed by atoms with Crippen LogP contribution in [0.25, 0.3) is 16.8 Å². The molecule has 0 radical (unpaired) electrons. The lowest BCUT2D eigenvalue weighted by atomic mass is 10.0. The molecule has 0 aliphatic heterocycles. The number of aromatic nitrogens is 3. The Bertz CT molecular complexity index is 970. The van der Waals surface area contributed by atoms with Gasteiger partial charge in [0.15, 0.2) is 11.5 Å². The lowest BCUT2D eigenvalue weighted by Crippen LogP contribution is -2.02. The predicted molar refractivity (Wildman–Crippen MR) is 79.9 cm³/mol. The van der Waals surface area contributed by atoms with Gasteiger partial charge in [0.2, 0.25) is 0 Å². The van der Waals surface area contributed by atoms with Gasteiger partial charge in [0.05, 0.1) is 11.6 Å². The summed E-state index contributed by atoms with van der Waals surface area (Å²) in [6, 6.07) is 10.1. The van der Waals surface area contributed by atoms with E-state index >= 15 is 0 Å². The fourth-order valence-electron chi connectivity index (χ4n) is 2.77. The zero-order chi connectivity index (χ0) is 16.9. The summed E-state index contributed by atoms with van der Waals surface area (Å²) in [5.41, 5.74) is 1.42. The lowest BCUT2D eigenvalue weighted by molar-refractivity contribution is 0.0984. The highest BCUT2D eigenvalue weighted by molar-refractivity contribution is 5.69. The van der Waals surface area contributed by atoms with Crippen molar-refractivity contribution >= 4 is 5.65 Å². The van der Waals surface area contributed by atoms with Crippen molar-refractivity contribution in [2.45, 2.75) is 18.8 Å². The van der Waals surface area contributed by atoms with Gasteiger partial charge in [-0.15, -0.1) is 10.2 Å². The molecule has 1 aromatic carbocycles. The number of hydrogen-bond donors (Lipinski definition) is 0. The monoisotopic (exact) mass is 328 g/mol. The first-order valence-corrected chi connectivity index (χ1v) is 7.40. The van der Waals surface area contributed by atoms with Gasteiger partial charge in [-0.2, -0.15) is 5.26 Å². The lowest BCUT2D eigenvalue weighted by Gasteiger charge is -2.06. The fourth-order valence-corrected chi connectivity index (χ4v) is 2.77. The maximum absolute atomic E-state index is 14.7. The average Bonchev–Trinajstić information content (AvgIpc) is 2.98. The number of alkyl halides is 2. The highest BCUT2D eigenvalue weighted by Gasteiger charge is 2.56. The Balaban J connectivity index is 1.72. The largest absolute Gasteiger partial charge is 0.284 e. The van der Waals surface area contributed by atoms with Crippen LogP contribution in [0.4, 0.5) is 13.2 Å². The Labute approximate surface area is 135 Å². The van der Waals surface area contributed by atoms with Crippen molar-refractivity contribution in [2.24, 2.45) is 5.92 Å². The van der Waals surface area contributed by atoms with Gasteiger partial charge in [0, 0.05) is 30.5 Å². The van der Waals surface area contributed by atoms with Gasteiger partial charge in [0.25, 0.3) is 5.92 Å². The third kappa shape index (κ3) is 2.31. The summed E-state index contributed by atoms with van der Waals surface area (Å²) in [5, 5.41) is 16.5. The van der Waals surface area contributed by atoms with Crippen LogP contribution in [0.15, 0.2) is 36.5 Å². The summed E-state index contributed by atoms with van der Waals surface area (Å²) < 4.78 is 42.3. The van der Waals surface area contributed by atoms with E-state index in [9.17, 15) is 13.2 Å². The Morgan fingerprint density at radius 2 is 1.92 bits per heavy atom. The van der Waals surface area contributed by atoms with Crippen LogP contribution in [0, 0.1) is 23.1 Å². The van der Waals surface area contributed by atoms with E-state index in [0.717, 1.165) is 0 Å². The molecule has 0 spiro atoms. The summed E-state index contributed by atoms with van der Waals surface area (Å²) >= 11 is 0. The van der Waals surface area contributed by atoms with Crippen LogP contribution in [-0.4, -0.2) is 20.5 Å². The second-order valence-corrected chi connectivity index (χ2v) is 5.91. The van der Waals surface area contributed by atoms with Crippen molar-refractivity contribution in [3.8, 4) is 17.2 Å². The minimum Gasteiger partial charge on any atom is -0.284 e. The average molecular weight is 328 g/mol. The van der Waals surface area contributed by atoms with Crippen LogP contribution in [-0.2, 0) is 6.42 Å². The molecule has 1 unspecified atom stereocenters. The highest BCUT2D eigenvalue weighted by Crippen LogP contribution is 2.50. The quantitative estimate of drug-likeness (QED) is 0.738. The Kier molecular flexibility index (Phi) is 3.10. The first-order valence-electron chi connectivity index (χ1n) is 7.40. The topological polar surface area (TPSA) is 54.0 Å². The van der Waals surface area contributed by atoms with Crippen LogP contribution in [0.2, 0.25) is 0 Å². The first-order chi connectivity index (χ1) is 11.5. The number of nitrogens with zero attached hydrogens (tertiary/aromatic N) is 4. The maximum Gasteiger partial charge on any atom is 0.252 e. The third-order valence-corrected chi connectivity index (χ3v) is 4.30.